The van der Waals surface area contributed by atoms with E-state index in [2.05, 4.69) is 5.32 Å². The molecule has 2 rings (SSSR count). The number of carbonyl (C=O) groups excluding carboxylic acids is 2. The lowest BCUT2D eigenvalue weighted by Crippen LogP contribution is -2.54. The zero-order valence-corrected chi connectivity index (χ0v) is 12.2. The molecule has 18 heavy (non-hydrogen) atoms. The number of carbonyl (C=O) groups is 2. The van der Waals surface area contributed by atoms with E-state index in [9.17, 15) is 9.59 Å². The predicted molar refractivity (Wildman–Crippen MR) is 73.4 cm³/mol. The number of nitrogens with zero attached hydrogens (tertiary/aromatic N) is 1. The van der Waals surface area contributed by atoms with Gasteiger partial charge < -0.3 is 10.2 Å². The number of hydrogen-bond donors (Lipinski definition) is 1. The van der Waals surface area contributed by atoms with Crippen LogP contribution in [0.2, 0.25) is 0 Å². The van der Waals surface area contributed by atoms with E-state index in [-0.39, 0.29) is 17.2 Å². The van der Waals surface area contributed by atoms with Crippen LogP contribution >= 0.6 is 11.8 Å². The van der Waals surface area contributed by atoms with Gasteiger partial charge in [0.2, 0.25) is 11.8 Å². The Labute approximate surface area is 113 Å². The Morgan fingerprint density at radius 2 is 2.06 bits per heavy atom. The maximum absolute atomic E-state index is 12.6. The molecule has 0 aromatic heterocycles. The molecule has 2 aliphatic heterocycles. The normalized spacial score (nSPS) is 30.3. The average molecular weight is 270 g/mol. The van der Waals surface area contributed by atoms with Crippen molar-refractivity contribution in [2.45, 2.75) is 45.7 Å². The van der Waals surface area contributed by atoms with E-state index < -0.39 is 6.04 Å². The molecule has 4 nitrogen and oxygen atoms in total. The fourth-order valence-electron chi connectivity index (χ4n) is 2.51. The standard InChI is InChI=1S/C13H22N2O2S/c1-13(2,3)11-12(17)15(6-4-10(16)14-11)9-5-7-18-8-9/h9,11H,4-8H2,1-3H3,(H,14,16). The number of nitrogens with one attached hydrogen (secondary N) is 1. The van der Waals surface area contributed by atoms with E-state index in [4.69, 9.17) is 0 Å². The number of rotatable bonds is 1. The minimum Gasteiger partial charge on any atom is -0.344 e. The Bertz CT molecular complexity index is 345. The molecule has 0 radical (unpaired) electrons. The van der Waals surface area contributed by atoms with Gasteiger partial charge in [-0.05, 0) is 17.6 Å². The fraction of sp³-hybridized carbons (Fsp3) is 0.846. The van der Waals surface area contributed by atoms with Crippen LogP contribution in [0, 0.1) is 5.41 Å². The summed E-state index contributed by atoms with van der Waals surface area (Å²) in [6.07, 6.45) is 1.49. The summed E-state index contributed by atoms with van der Waals surface area (Å²) in [6.45, 7) is 6.58. The highest BCUT2D eigenvalue weighted by Gasteiger charge is 2.40. The summed E-state index contributed by atoms with van der Waals surface area (Å²) in [5.41, 5.74) is -0.235. The molecule has 0 bridgehead atoms. The first-order valence-corrected chi connectivity index (χ1v) is 7.72. The van der Waals surface area contributed by atoms with Gasteiger partial charge in [0.15, 0.2) is 0 Å². The van der Waals surface area contributed by atoms with Gasteiger partial charge >= 0.3 is 0 Å². The van der Waals surface area contributed by atoms with Gasteiger partial charge in [-0.25, -0.2) is 0 Å². The van der Waals surface area contributed by atoms with Crippen LogP contribution < -0.4 is 5.32 Å². The third-order valence-corrected chi connectivity index (χ3v) is 4.77. The van der Waals surface area contributed by atoms with Crippen LogP contribution in [0.1, 0.15) is 33.6 Å². The smallest absolute Gasteiger partial charge is 0.245 e. The molecule has 0 aromatic carbocycles. The molecule has 2 saturated heterocycles. The highest BCUT2D eigenvalue weighted by molar-refractivity contribution is 7.99. The molecular formula is C13H22N2O2S. The van der Waals surface area contributed by atoms with Crippen molar-refractivity contribution >= 4 is 23.6 Å². The Kier molecular flexibility index (Phi) is 3.90. The molecule has 0 saturated carbocycles. The Morgan fingerprint density at radius 3 is 2.61 bits per heavy atom. The van der Waals surface area contributed by atoms with E-state index >= 15 is 0 Å². The van der Waals surface area contributed by atoms with Gasteiger partial charge in [-0.3, -0.25) is 9.59 Å². The van der Waals surface area contributed by atoms with Gasteiger partial charge in [-0.15, -0.1) is 0 Å². The predicted octanol–water partition coefficient (Wildman–Crippen LogP) is 1.26. The van der Waals surface area contributed by atoms with Crippen molar-refractivity contribution in [1.29, 1.82) is 0 Å². The van der Waals surface area contributed by atoms with Crippen LogP contribution in [0.5, 0.6) is 0 Å². The third-order valence-electron chi connectivity index (χ3n) is 3.63. The number of hydrogen-bond acceptors (Lipinski definition) is 3. The second kappa shape index (κ2) is 5.11. The van der Waals surface area contributed by atoms with Gasteiger partial charge in [0.25, 0.3) is 0 Å². The average Bonchev–Trinajstić information content (AvgIpc) is 2.73. The maximum Gasteiger partial charge on any atom is 0.245 e. The molecule has 102 valence electrons. The molecule has 2 heterocycles. The van der Waals surface area contributed by atoms with Gasteiger partial charge in [0.05, 0.1) is 0 Å². The molecule has 0 aromatic rings. The molecule has 1 N–H and O–H groups in total. The molecule has 0 spiro atoms. The summed E-state index contributed by atoms with van der Waals surface area (Å²) in [5.74, 6) is 2.23. The van der Waals surface area contributed by atoms with Crippen LogP contribution in [-0.2, 0) is 9.59 Å². The van der Waals surface area contributed by atoms with E-state index in [1.165, 1.54) is 0 Å². The van der Waals surface area contributed by atoms with Crippen LogP contribution in [-0.4, -0.2) is 46.8 Å². The Hall–Kier alpha value is -0.710. The number of amides is 2. The largest absolute Gasteiger partial charge is 0.344 e. The summed E-state index contributed by atoms with van der Waals surface area (Å²) >= 11 is 1.89. The van der Waals surface area contributed by atoms with E-state index in [0.717, 1.165) is 17.9 Å². The summed E-state index contributed by atoms with van der Waals surface area (Å²) in [6, 6.07) is -0.0712. The van der Waals surface area contributed by atoms with Crippen molar-refractivity contribution in [3.05, 3.63) is 0 Å². The summed E-state index contributed by atoms with van der Waals surface area (Å²) < 4.78 is 0. The third kappa shape index (κ3) is 2.82. The first-order valence-electron chi connectivity index (χ1n) is 6.57. The van der Waals surface area contributed by atoms with Gasteiger partial charge in [0.1, 0.15) is 6.04 Å². The van der Waals surface area contributed by atoms with Crippen molar-refractivity contribution < 1.29 is 9.59 Å². The molecule has 2 amide bonds. The summed E-state index contributed by atoms with van der Waals surface area (Å²) in [5, 5.41) is 2.89. The maximum atomic E-state index is 12.6. The zero-order valence-electron chi connectivity index (χ0n) is 11.4. The monoisotopic (exact) mass is 270 g/mol. The lowest BCUT2D eigenvalue weighted by Gasteiger charge is -2.34. The molecule has 2 atom stereocenters. The van der Waals surface area contributed by atoms with Crippen LogP contribution in [0.3, 0.4) is 0 Å². The lowest BCUT2D eigenvalue weighted by atomic mass is 9.85. The van der Waals surface area contributed by atoms with Crippen molar-refractivity contribution in [3.8, 4) is 0 Å². The van der Waals surface area contributed by atoms with E-state index in [1.54, 1.807) is 0 Å². The van der Waals surface area contributed by atoms with Gasteiger partial charge in [0, 0.05) is 24.8 Å². The minimum atomic E-state index is -0.391. The molecule has 5 heteroatoms. The first kappa shape index (κ1) is 13.7. The lowest BCUT2D eigenvalue weighted by molar-refractivity contribution is -0.138. The van der Waals surface area contributed by atoms with Crippen LogP contribution in [0.15, 0.2) is 0 Å². The van der Waals surface area contributed by atoms with Gasteiger partial charge in [-0.2, -0.15) is 11.8 Å². The molecule has 2 unspecified atom stereocenters. The second-order valence-corrected chi connectivity index (χ2v) is 7.32. The first-order chi connectivity index (χ1) is 8.39. The zero-order chi connectivity index (χ0) is 13.3. The Morgan fingerprint density at radius 1 is 1.33 bits per heavy atom. The molecule has 2 fully saturated rings. The Balaban J connectivity index is 2.20. The molecule has 0 aliphatic carbocycles. The topological polar surface area (TPSA) is 49.4 Å². The number of thioether (sulfide) groups is 1. The second-order valence-electron chi connectivity index (χ2n) is 6.17. The van der Waals surface area contributed by atoms with Crippen molar-refractivity contribution in [2.75, 3.05) is 18.1 Å². The quantitative estimate of drug-likeness (QED) is 0.780. The van der Waals surface area contributed by atoms with Gasteiger partial charge in [-0.1, -0.05) is 20.8 Å². The summed E-state index contributed by atoms with van der Waals surface area (Å²) in [7, 11) is 0. The minimum absolute atomic E-state index is 0.00331. The summed E-state index contributed by atoms with van der Waals surface area (Å²) in [4.78, 5) is 26.3. The van der Waals surface area contributed by atoms with E-state index in [0.29, 0.717) is 19.0 Å². The van der Waals surface area contributed by atoms with Crippen LogP contribution in [0.25, 0.3) is 0 Å². The SMILES string of the molecule is CC(C)(C)C1NC(=O)CCN(C2CCSC2)C1=O. The highest BCUT2D eigenvalue weighted by atomic mass is 32.2. The van der Waals surface area contributed by atoms with E-state index in [1.807, 2.05) is 37.4 Å². The molecular weight excluding hydrogens is 248 g/mol. The van der Waals surface area contributed by atoms with Crippen molar-refractivity contribution in [3.63, 3.8) is 0 Å². The molecule has 2 aliphatic rings. The van der Waals surface area contributed by atoms with Crippen molar-refractivity contribution in [2.24, 2.45) is 5.41 Å². The highest BCUT2D eigenvalue weighted by Crippen LogP contribution is 2.28. The van der Waals surface area contributed by atoms with Crippen LogP contribution in [0.4, 0.5) is 0 Å². The fourth-order valence-corrected chi connectivity index (χ4v) is 3.73. The van der Waals surface area contributed by atoms with Crippen molar-refractivity contribution in [1.82, 2.24) is 10.2 Å².